The van der Waals surface area contributed by atoms with Gasteiger partial charge in [0.1, 0.15) is 0 Å². The van der Waals surface area contributed by atoms with Gasteiger partial charge in [0.05, 0.1) is 38.2 Å². The molecule has 0 bridgehead atoms. The molecule has 110 valence electrons. The lowest BCUT2D eigenvalue weighted by atomic mass is 10.2. The van der Waals surface area contributed by atoms with Crippen LogP contribution in [0.4, 0.5) is 5.69 Å². The van der Waals surface area contributed by atoms with Crippen LogP contribution in [0.25, 0.3) is 0 Å². The van der Waals surface area contributed by atoms with E-state index in [4.69, 9.17) is 9.47 Å². The summed E-state index contributed by atoms with van der Waals surface area (Å²) in [6.45, 7) is 0.0495. The highest BCUT2D eigenvalue weighted by molar-refractivity contribution is 9.08. The standard InChI is InChI=1S/C12H14BrNO6/c1-18-10-5-8(7-13)9(14(16)17)6-11(10)20-4-3-12(15)19-2/h5-6H,3-4,7H2,1-2H3. The number of ether oxygens (including phenoxy) is 3. The first-order chi connectivity index (χ1) is 9.53. The van der Waals surface area contributed by atoms with Gasteiger partial charge in [-0.3, -0.25) is 14.9 Å². The van der Waals surface area contributed by atoms with Crippen LogP contribution >= 0.6 is 15.9 Å². The van der Waals surface area contributed by atoms with E-state index < -0.39 is 10.9 Å². The molecule has 0 heterocycles. The molecule has 1 aromatic rings. The second kappa shape index (κ2) is 7.68. The van der Waals surface area contributed by atoms with Crippen molar-refractivity contribution in [3.05, 3.63) is 27.8 Å². The molecule has 0 aliphatic heterocycles. The van der Waals surface area contributed by atoms with Crippen molar-refractivity contribution in [2.45, 2.75) is 11.8 Å². The molecule has 0 aliphatic carbocycles. The molecule has 20 heavy (non-hydrogen) atoms. The van der Waals surface area contributed by atoms with Gasteiger partial charge in [-0.05, 0) is 6.07 Å². The van der Waals surface area contributed by atoms with Crippen molar-refractivity contribution in [3.8, 4) is 11.5 Å². The number of nitro groups is 1. The maximum atomic E-state index is 11.0. The predicted octanol–water partition coefficient (Wildman–Crippen LogP) is 2.44. The van der Waals surface area contributed by atoms with Crippen LogP contribution in [0.3, 0.4) is 0 Å². The summed E-state index contributed by atoms with van der Waals surface area (Å²) in [6.07, 6.45) is 0.0493. The van der Waals surface area contributed by atoms with Gasteiger partial charge in [-0.2, -0.15) is 0 Å². The van der Waals surface area contributed by atoms with Gasteiger partial charge in [-0.25, -0.2) is 0 Å². The minimum atomic E-state index is -0.497. The molecule has 0 aliphatic rings. The third kappa shape index (κ3) is 4.09. The lowest BCUT2D eigenvalue weighted by molar-refractivity contribution is -0.385. The Kier molecular flexibility index (Phi) is 6.23. The smallest absolute Gasteiger partial charge is 0.308 e. The number of alkyl halides is 1. The first-order valence-corrected chi connectivity index (χ1v) is 6.76. The SMILES string of the molecule is COC(=O)CCOc1cc([N+](=O)[O-])c(CBr)cc1OC. The first kappa shape index (κ1) is 16.2. The quantitative estimate of drug-likeness (QED) is 0.326. The van der Waals surface area contributed by atoms with E-state index in [0.29, 0.717) is 16.6 Å². The molecular weight excluding hydrogens is 334 g/mol. The summed E-state index contributed by atoms with van der Waals surface area (Å²) in [5.74, 6) is 0.165. The molecule has 0 N–H and O–H groups in total. The largest absolute Gasteiger partial charge is 0.493 e. The molecule has 0 fully saturated rings. The van der Waals surface area contributed by atoms with Gasteiger partial charge in [0, 0.05) is 10.9 Å². The third-order valence-corrected chi connectivity index (χ3v) is 3.10. The fourth-order valence-corrected chi connectivity index (χ4v) is 1.94. The lowest BCUT2D eigenvalue weighted by Crippen LogP contribution is -2.08. The van der Waals surface area contributed by atoms with Crippen LogP contribution in [0.15, 0.2) is 12.1 Å². The zero-order chi connectivity index (χ0) is 15.1. The van der Waals surface area contributed by atoms with Crippen molar-refractivity contribution in [3.63, 3.8) is 0 Å². The number of esters is 1. The maximum absolute atomic E-state index is 11.0. The van der Waals surface area contributed by atoms with Crippen molar-refractivity contribution >= 4 is 27.6 Å². The number of halogens is 1. The highest BCUT2D eigenvalue weighted by atomic mass is 79.9. The average Bonchev–Trinajstić information content (AvgIpc) is 2.46. The normalized spacial score (nSPS) is 9.95. The van der Waals surface area contributed by atoms with E-state index in [2.05, 4.69) is 20.7 Å². The zero-order valence-electron chi connectivity index (χ0n) is 11.1. The fourth-order valence-electron chi connectivity index (χ4n) is 1.49. The highest BCUT2D eigenvalue weighted by Crippen LogP contribution is 2.35. The monoisotopic (exact) mass is 347 g/mol. The molecule has 0 radical (unpaired) electrons. The summed E-state index contributed by atoms with van der Waals surface area (Å²) in [4.78, 5) is 21.5. The molecule has 7 nitrogen and oxygen atoms in total. The second-order valence-electron chi connectivity index (χ2n) is 3.70. The number of hydrogen-bond donors (Lipinski definition) is 0. The summed E-state index contributed by atoms with van der Waals surface area (Å²) in [5.41, 5.74) is 0.405. The van der Waals surface area contributed by atoms with E-state index in [9.17, 15) is 14.9 Å². The van der Waals surface area contributed by atoms with E-state index >= 15 is 0 Å². The minimum absolute atomic E-state index is 0.0493. The Balaban J connectivity index is 2.96. The Morgan fingerprint density at radius 3 is 2.55 bits per heavy atom. The molecular formula is C12H14BrNO6. The summed E-state index contributed by atoms with van der Waals surface area (Å²) >= 11 is 3.18. The molecule has 1 rings (SSSR count). The molecule has 0 amide bonds. The number of benzene rings is 1. The van der Waals surface area contributed by atoms with Crippen LogP contribution in [0.2, 0.25) is 0 Å². The molecule has 0 aromatic heterocycles. The van der Waals surface area contributed by atoms with Crippen LogP contribution in [-0.2, 0) is 14.9 Å². The summed E-state index contributed by atoms with van der Waals surface area (Å²) in [6, 6.07) is 2.81. The van der Waals surface area contributed by atoms with Gasteiger partial charge >= 0.3 is 5.97 Å². The van der Waals surface area contributed by atoms with Gasteiger partial charge in [0.2, 0.25) is 0 Å². The Hall–Kier alpha value is -1.83. The van der Waals surface area contributed by atoms with Gasteiger partial charge in [0.25, 0.3) is 5.69 Å². The van der Waals surface area contributed by atoms with Gasteiger partial charge in [-0.15, -0.1) is 0 Å². The van der Waals surface area contributed by atoms with E-state index in [-0.39, 0.29) is 24.5 Å². The van der Waals surface area contributed by atoms with Crippen molar-refractivity contribution in [1.82, 2.24) is 0 Å². The molecule has 0 spiro atoms. The number of carbonyl (C=O) groups is 1. The van der Waals surface area contributed by atoms with Crippen molar-refractivity contribution < 1.29 is 23.9 Å². The Morgan fingerprint density at radius 2 is 2.05 bits per heavy atom. The highest BCUT2D eigenvalue weighted by Gasteiger charge is 2.19. The molecule has 0 unspecified atom stereocenters. The third-order valence-electron chi connectivity index (χ3n) is 2.50. The molecule has 1 aromatic carbocycles. The van der Waals surface area contributed by atoms with E-state index in [1.807, 2.05) is 0 Å². The Bertz CT molecular complexity index is 505. The van der Waals surface area contributed by atoms with Crippen molar-refractivity contribution in [1.29, 1.82) is 0 Å². The van der Waals surface area contributed by atoms with Crippen molar-refractivity contribution in [2.75, 3.05) is 20.8 Å². The van der Waals surface area contributed by atoms with Gasteiger partial charge in [0.15, 0.2) is 11.5 Å². The lowest BCUT2D eigenvalue weighted by Gasteiger charge is -2.11. The van der Waals surface area contributed by atoms with E-state index in [1.165, 1.54) is 26.4 Å². The topological polar surface area (TPSA) is 87.9 Å². The molecule has 0 saturated carbocycles. The fraction of sp³-hybridized carbons (Fsp3) is 0.417. The van der Waals surface area contributed by atoms with Crippen molar-refractivity contribution in [2.24, 2.45) is 0 Å². The van der Waals surface area contributed by atoms with Gasteiger partial charge < -0.3 is 14.2 Å². The number of hydrogen-bond acceptors (Lipinski definition) is 6. The number of nitrogens with zero attached hydrogens (tertiary/aromatic N) is 1. The van der Waals surface area contributed by atoms with Crippen LogP contribution in [0.1, 0.15) is 12.0 Å². The van der Waals surface area contributed by atoms with Crippen LogP contribution < -0.4 is 9.47 Å². The second-order valence-corrected chi connectivity index (χ2v) is 4.26. The average molecular weight is 348 g/mol. The summed E-state index contributed by atoms with van der Waals surface area (Å²) < 4.78 is 14.9. The maximum Gasteiger partial charge on any atom is 0.308 e. The van der Waals surface area contributed by atoms with E-state index in [0.717, 1.165) is 0 Å². The Morgan fingerprint density at radius 1 is 1.35 bits per heavy atom. The molecule has 8 heteroatoms. The summed E-state index contributed by atoms with van der Waals surface area (Å²) in [7, 11) is 2.71. The molecule has 0 atom stereocenters. The number of rotatable bonds is 7. The Labute approximate surface area is 124 Å². The van der Waals surface area contributed by atoms with E-state index in [1.54, 1.807) is 0 Å². The first-order valence-electron chi connectivity index (χ1n) is 5.64. The summed E-state index contributed by atoms with van der Waals surface area (Å²) in [5, 5.41) is 11.3. The number of nitro benzene ring substituents is 1. The van der Waals surface area contributed by atoms with Crippen LogP contribution in [0.5, 0.6) is 11.5 Å². The van der Waals surface area contributed by atoms with Gasteiger partial charge in [-0.1, -0.05) is 15.9 Å². The molecule has 0 saturated heterocycles. The van der Waals surface area contributed by atoms with Crippen LogP contribution in [0, 0.1) is 10.1 Å². The minimum Gasteiger partial charge on any atom is -0.493 e. The number of carbonyl (C=O) groups excluding carboxylic acids is 1. The number of methoxy groups -OCH3 is 2. The van der Waals surface area contributed by atoms with Crippen LogP contribution in [-0.4, -0.2) is 31.7 Å². The zero-order valence-corrected chi connectivity index (χ0v) is 12.6. The predicted molar refractivity (Wildman–Crippen MR) is 74.4 cm³/mol.